The molecule has 0 spiro atoms. The van der Waals surface area contributed by atoms with Gasteiger partial charge in [-0.3, -0.25) is 4.79 Å². The normalized spacial score (nSPS) is 13.3. The van der Waals surface area contributed by atoms with E-state index in [0.717, 1.165) is 10.8 Å². The lowest BCUT2D eigenvalue weighted by molar-refractivity contribution is -0.132. The van der Waals surface area contributed by atoms with Gasteiger partial charge in [-0.15, -0.1) is 0 Å². The summed E-state index contributed by atoms with van der Waals surface area (Å²) in [5.41, 5.74) is 6.22. The van der Waals surface area contributed by atoms with Crippen molar-refractivity contribution in [1.82, 2.24) is 0 Å². The molecule has 4 aromatic carbocycles. The van der Waals surface area contributed by atoms with Crippen molar-refractivity contribution in [3.8, 4) is 17.1 Å². The molecule has 0 fully saturated rings. The lowest BCUT2D eigenvalue weighted by atomic mass is 9.84. The van der Waals surface area contributed by atoms with Crippen LogP contribution in [0.15, 0.2) is 111 Å². The lowest BCUT2D eigenvalue weighted by Gasteiger charge is -2.21. The highest BCUT2D eigenvalue weighted by molar-refractivity contribution is 6.13. The smallest absolute Gasteiger partial charge is 0.332 e. The molecule has 232 valence electrons. The summed E-state index contributed by atoms with van der Waals surface area (Å²) in [6, 6.07) is 24.3. The Morgan fingerprint density at radius 2 is 1.63 bits per heavy atom. The van der Waals surface area contributed by atoms with E-state index in [-0.39, 0.29) is 11.2 Å². The van der Waals surface area contributed by atoms with Crippen LogP contribution in [0.5, 0.6) is 5.75 Å². The molecule has 0 bridgehead atoms. The Morgan fingerprint density at radius 1 is 0.913 bits per heavy atom. The van der Waals surface area contributed by atoms with Gasteiger partial charge in [-0.25, -0.2) is 4.79 Å². The molecular weight excluding hydrogens is 572 g/mol. The fourth-order valence-electron chi connectivity index (χ4n) is 6.09. The number of hydrogen-bond acceptors (Lipinski definition) is 4. The first kappa shape index (κ1) is 32.0. The first-order valence-electron chi connectivity index (χ1n) is 15.6. The molecule has 5 nitrogen and oxygen atoms in total. The van der Waals surface area contributed by atoms with Gasteiger partial charge in [-0.1, -0.05) is 80.6 Å². The van der Waals surface area contributed by atoms with Crippen molar-refractivity contribution in [2.75, 3.05) is 0 Å². The maximum Gasteiger partial charge on any atom is 0.332 e. The van der Waals surface area contributed by atoms with Gasteiger partial charge in [0.05, 0.1) is 0 Å². The molecule has 0 atom stereocenters. The Balaban J connectivity index is 0.000000182. The standard InChI is InChI=1S/C21H16O5.C18H16.C2H6/c1-11-2-5-14(21(24)25)17(8-11)20-15-6-3-12(22)9-18(15)26-19-10-13(23)4-7-16(19)20;1-4-12(2)16-11-10-15-7-5-6-14-9-8-13(3)17(16)18(14)15;1-2/h3-4,6-10,22H,2,5H2,1H3,(H,24,25);4-11H,3H2,1-2H3;1-2H3/b;12-4-;. The van der Waals surface area contributed by atoms with Crippen molar-refractivity contribution in [2.24, 2.45) is 0 Å². The van der Waals surface area contributed by atoms with Crippen molar-refractivity contribution in [3.63, 3.8) is 0 Å². The predicted molar refractivity (Wildman–Crippen MR) is 191 cm³/mol. The minimum atomic E-state index is -0.954. The van der Waals surface area contributed by atoms with Gasteiger partial charge in [-0.2, -0.15) is 0 Å². The number of phenols is 1. The summed E-state index contributed by atoms with van der Waals surface area (Å²) in [5, 5.41) is 26.5. The van der Waals surface area contributed by atoms with Crippen molar-refractivity contribution in [1.29, 1.82) is 0 Å². The maximum absolute atomic E-state index is 11.8. The van der Waals surface area contributed by atoms with Gasteiger partial charge >= 0.3 is 5.97 Å². The topological polar surface area (TPSA) is 87.7 Å². The zero-order valence-corrected chi connectivity index (χ0v) is 26.9. The molecule has 1 aliphatic heterocycles. The van der Waals surface area contributed by atoms with E-state index in [1.165, 1.54) is 56.9 Å². The first-order valence-corrected chi connectivity index (χ1v) is 15.6. The van der Waals surface area contributed by atoms with Crippen LogP contribution in [0.4, 0.5) is 0 Å². The summed E-state index contributed by atoms with van der Waals surface area (Å²) in [6.45, 7) is 14.4. The highest BCUT2D eigenvalue weighted by Crippen LogP contribution is 2.42. The number of carbonyl (C=O) groups is 1. The number of aliphatic carboxylic acids is 1. The summed E-state index contributed by atoms with van der Waals surface area (Å²) in [7, 11) is 0. The summed E-state index contributed by atoms with van der Waals surface area (Å²) in [5.74, 6) is -0.558. The molecule has 3 aliphatic rings. The third-order valence-electron chi connectivity index (χ3n) is 8.41. The van der Waals surface area contributed by atoms with Crippen molar-refractivity contribution >= 4 is 56.2 Å². The minimum Gasteiger partial charge on any atom is -0.508 e. The predicted octanol–water partition coefficient (Wildman–Crippen LogP) is 9.75. The van der Waals surface area contributed by atoms with Crippen LogP contribution in [-0.4, -0.2) is 16.2 Å². The third-order valence-corrected chi connectivity index (χ3v) is 8.41. The number of phenolic OH excluding ortho intramolecular Hbond substituents is 1. The average Bonchev–Trinajstić information content (AvgIpc) is 3.05. The number of rotatable bonds is 3. The van der Waals surface area contributed by atoms with Crippen molar-refractivity contribution < 1.29 is 19.4 Å². The van der Waals surface area contributed by atoms with Crippen LogP contribution in [0.3, 0.4) is 0 Å². The van der Waals surface area contributed by atoms with Crippen LogP contribution in [-0.2, 0) is 4.79 Å². The van der Waals surface area contributed by atoms with Gasteiger partial charge in [0.2, 0.25) is 0 Å². The summed E-state index contributed by atoms with van der Waals surface area (Å²) in [4.78, 5) is 23.6. The summed E-state index contributed by atoms with van der Waals surface area (Å²) >= 11 is 0. The zero-order chi connectivity index (χ0) is 33.1. The lowest BCUT2D eigenvalue weighted by Crippen LogP contribution is -2.09. The second kappa shape index (κ2) is 13.3. The number of fused-ring (bicyclic) bond motifs is 2. The molecule has 0 aromatic heterocycles. The highest BCUT2D eigenvalue weighted by atomic mass is 16.4. The van der Waals surface area contributed by atoms with E-state index in [4.69, 9.17) is 4.42 Å². The molecule has 5 heteroatoms. The molecule has 0 radical (unpaired) electrons. The molecule has 0 saturated carbocycles. The Morgan fingerprint density at radius 3 is 2.33 bits per heavy atom. The van der Waals surface area contributed by atoms with E-state index in [9.17, 15) is 19.8 Å². The Bertz CT molecular complexity index is 2260. The van der Waals surface area contributed by atoms with E-state index in [1.54, 1.807) is 12.1 Å². The molecule has 46 heavy (non-hydrogen) atoms. The van der Waals surface area contributed by atoms with Gasteiger partial charge in [0.25, 0.3) is 0 Å². The fourth-order valence-corrected chi connectivity index (χ4v) is 6.09. The van der Waals surface area contributed by atoms with Gasteiger partial charge in [-0.05, 0) is 101 Å². The van der Waals surface area contributed by atoms with E-state index >= 15 is 0 Å². The summed E-state index contributed by atoms with van der Waals surface area (Å²) in [6.07, 6.45) is 5.19. The Labute approximate surface area is 268 Å². The Kier molecular flexibility index (Phi) is 9.24. The summed E-state index contributed by atoms with van der Waals surface area (Å²) < 4.78 is 5.81. The minimum absolute atomic E-state index is 0.0348. The molecule has 4 aromatic rings. The van der Waals surface area contributed by atoms with Gasteiger partial charge < -0.3 is 14.6 Å². The van der Waals surface area contributed by atoms with Crippen LogP contribution < -0.4 is 10.6 Å². The van der Waals surface area contributed by atoms with Gasteiger partial charge in [0.1, 0.15) is 17.1 Å². The van der Waals surface area contributed by atoms with Crippen LogP contribution in [0.25, 0.3) is 61.6 Å². The molecule has 2 N–H and O–H groups in total. The number of aromatic hydroxyl groups is 1. The van der Waals surface area contributed by atoms with Crippen LogP contribution in [0.2, 0.25) is 0 Å². The zero-order valence-electron chi connectivity index (χ0n) is 26.9. The monoisotopic (exact) mass is 610 g/mol. The van der Waals surface area contributed by atoms with E-state index in [0.29, 0.717) is 51.8 Å². The van der Waals surface area contributed by atoms with Gasteiger partial charge in [0, 0.05) is 34.2 Å². The van der Waals surface area contributed by atoms with Crippen LogP contribution in [0.1, 0.15) is 58.6 Å². The maximum atomic E-state index is 11.8. The van der Waals surface area contributed by atoms with E-state index in [1.807, 2.05) is 26.8 Å². The molecule has 7 rings (SSSR count). The second-order valence-electron chi connectivity index (χ2n) is 11.3. The van der Waals surface area contributed by atoms with Crippen molar-refractivity contribution in [3.05, 3.63) is 129 Å². The van der Waals surface area contributed by atoms with Crippen molar-refractivity contribution in [2.45, 2.75) is 47.5 Å². The van der Waals surface area contributed by atoms with Crippen LogP contribution in [0, 0.1) is 0 Å². The number of allylic oxidation sites excluding steroid dienone is 5. The van der Waals surface area contributed by atoms with Gasteiger partial charge in [0.15, 0.2) is 5.43 Å². The Hall–Kier alpha value is -5.42. The quantitative estimate of drug-likeness (QED) is 0.195. The third kappa shape index (κ3) is 5.96. The highest BCUT2D eigenvalue weighted by Gasteiger charge is 2.25. The van der Waals surface area contributed by atoms with E-state index < -0.39 is 5.97 Å². The molecule has 1 heterocycles. The molecule has 0 unspecified atom stereocenters. The number of benzene rings is 5. The number of carboxylic acids is 1. The van der Waals surface area contributed by atoms with Crippen LogP contribution >= 0.6 is 0 Å². The average molecular weight is 611 g/mol. The number of hydrogen-bond donors (Lipinski definition) is 2. The number of carboxylic acid groups (broad SMARTS) is 1. The SMILES string of the molecule is C=c1ccc2cccc3ccc(/C(C)=C\C)c1c32.CC.CC1=CC(c2c3ccc(=O)cc-3oc3cc(O)ccc23)=C(C(=O)O)CC1. The largest absolute Gasteiger partial charge is 0.508 e. The fraction of sp³-hybridized carbons (Fsp3) is 0.171. The molecular formula is C41H38O5. The van der Waals surface area contributed by atoms with E-state index in [2.05, 4.69) is 69.0 Å². The second-order valence-corrected chi connectivity index (χ2v) is 11.3. The molecule has 0 saturated heterocycles. The molecule has 0 amide bonds. The first-order chi connectivity index (χ1) is 22.2. The molecule has 2 aliphatic carbocycles.